The maximum atomic E-state index is 13.5. The first-order chi connectivity index (χ1) is 18.1. The summed E-state index contributed by atoms with van der Waals surface area (Å²) in [5, 5.41) is 0.706. The Morgan fingerprint density at radius 1 is 0.947 bits per heavy atom. The first-order valence-electron chi connectivity index (χ1n) is 14.1. The number of carbonyl (C=O) groups excluding carboxylic acids is 1. The van der Waals surface area contributed by atoms with Gasteiger partial charge < -0.3 is 18.8 Å². The van der Waals surface area contributed by atoms with Gasteiger partial charge in [-0.3, -0.25) is 9.59 Å². The Balaban J connectivity index is 2.35. The second-order valence-electron chi connectivity index (χ2n) is 10.5. The van der Waals surface area contributed by atoms with Crippen molar-refractivity contribution in [3.63, 3.8) is 0 Å². The van der Waals surface area contributed by atoms with Crippen molar-refractivity contribution in [2.75, 3.05) is 13.2 Å². The molecule has 0 amide bonds. The van der Waals surface area contributed by atoms with Crippen molar-refractivity contribution >= 4 is 16.9 Å². The van der Waals surface area contributed by atoms with E-state index in [0.717, 1.165) is 25.7 Å². The predicted octanol–water partition coefficient (Wildman–Crippen LogP) is 8.32. The van der Waals surface area contributed by atoms with Crippen LogP contribution in [0.15, 0.2) is 46.3 Å². The molecule has 210 valence electrons. The number of ether oxygens (including phenoxy) is 3. The van der Waals surface area contributed by atoms with Gasteiger partial charge in [0.2, 0.25) is 5.75 Å². The van der Waals surface area contributed by atoms with Gasteiger partial charge >= 0.3 is 5.97 Å². The van der Waals surface area contributed by atoms with E-state index in [1.807, 2.05) is 38.1 Å². The zero-order valence-corrected chi connectivity index (χ0v) is 24.5. The minimum Gasteiger partial charge on any atom is -0.494 e. The molecular formula is C32H47NO5. The number of benzene rings is 1. The van der Waals surface area contributed by atoms with Crippen molar-refractivity contribution in [2.24, 2.45) is 0 Å². The van der Waals surface area contributed by atoms with Crippen molar-refractivity contribution < 1.29 is 19.0 Å². The zero-order valence-electron chi connectivity index (χ0n) is 24.5. The first-order valence-corrected chi connectivity index (χ1v) is 14.1. The van der Waals surface area contributed by atoms with Crippen LogP contribution >= 0.6 is 0 Å². The molecule has 0 unspecified atom stereocenters. The number of allylic oxidation sites excluding steroid dienone is 3. The number of unbranched alkanes of at least 4 members (excludes halogenated alkanes) is 5. The molecule has 6 nitrogen and oxygen atoms in total. The third kappa shape index (κ3) is 9.70. The molecule has 0 aliphatic rings. The topological polar surface area (TPSA) is 66.8 Å². The highest BCUT2D eigenvalue weighted by Gasteiger charge is 2.22. The molecule has 0 saturated carbocycles. The fraction of sp³-hybridized carbons (Fsp3) is 0.562. The number of nitrogens with zero attached hydrogens (tertiary/aromatic N) is 1. The Kier molecular flexibility index (Phi) is 13.2. The number of fused-ring (bicyclic) bond motifs is 1. The van der Waals surface area contributed by atoms with Gasteiger partial charge in [-0.25, -0.2) is 0 Å². The molecule has 2 aromatic rings. The molecule has 6 heteroatoms. The Labute approximate surface area is 228 Å². The number of aromatic nitrogens is 1. The number of hydrogen-bond acceptors (Lipinski definition) is 5. The van der Waals surface area contributed by atoms with Gasteiger partial charge in [0.25, 0.3) is 5.56 Å². The van der Waals surface area contributed by atoms with Crippen LogP contribution in [-0.4, -0.2) is 23.8 Å². The molecule has 0 fully saturated rings. The van der Waals surface area contributed by atoms with Crippen LogP contribution in [0.4, 0.5) is 0 Å². The van der Waals surface area contributed by atoms with E-state index in [0.29, 0.717) is 23.3 Å². The maximum Gasteiger partial charge on any atom is 0.308 e. The van der Waals surface area contributed by atoms with E-state index in [1.54, 1.807) is 4.57 Å². The van der Waals surface area contributed by atoms with Crippen LogP contribution in [0.25, 0.3) is 10.9 Å². The van der Waals surface area contributed by atoms with Gasteiger partial charge in [-0.05, 0) is 72.1 Å². The Morgan fingerprint density at radius 2 is 1.66 bits per heavy atom. The molecule has 38 heavy (non-hydrogen) atoms. The van der Waals surface area contributed by atoms with Gasteiger partial charge in [-0.2, -0.15) is 0 Å². The highest BCUT2D eigenvalue weighted by atomic mass is 16.6. The van der Waals surface area contributed by atoms with E-state index < -0.39 is 11.5 Å². The van der Waals surface area contributed by atoms with E-state index in [4.69, 9.17) is 14.2 Å². The van der Waals surface area contributed by atoms with Crippen LogP contribution in [-0.2, 0) is 4.79 Å². The zero-order chi connectivity index (χ0) is 28.1. The smallest absolute Gasteiger partial charge is 0.308 e. The summed E-state index contributed by atoms with van der Waals surface area (Å²) in [5.41, 5.74) is 2.80. The molecule has 0 spiro atoms. The van der Waals surface area contributed by atoms with Gasteiger partial charge in [0.05, 0.1) is 12.1 Å². The lowest BCUT2D eigenvalue weighted by atomic mass is 10.1. The van der Waals surface area contributed by atoms with Crippen LogP contribution in [0.5, 0.6) is 17.2 Å². The second kappa shape index (κ2) is 16.1. The summed E-state index contributed by atoms with van der Waals surface area (Å²) in [6.07, 6.45) is 13.3. The van der Waals surface area contributed by atoms with Crippen molar-refractivity contribution in [1.82, 2.24) is 4.57 Å². The van der Waals surface area contributed by atoms with Crippen LogP contribution < -0.4 is 19.8 Å². The SMILES string of the molecule is CCCCCCCCOc1ccc2c(OC/C=C(\C)CCC=C(C)C)c(OC(C)=O)c(=O)n(C(C)C)c2c1. The van der Waals surface area contributed by atoms with Gasteiger partial charge in [-0.1, -0.05) is 56.3 Å². The third-order valence-corrected chi connectivity index (χ3v) is 6.37. The molecule has 0 saturated heterocycles. The number of carbonyl (C=O) groups is 1. The quantitative estimate of drug-likeness (QED) is 0.125. The van der Waals surface area contributed by atoms with E-state index in [9.17, 15) is 9.59 Å². The molecule has 2 rings (SSSR count). The van der Waals surface area contributed by atoms with Crippen molar-refractivity contribution in [1.29, 1.82) is 0 Å². The first kappa shape index (κ1) is 31.2. The maximum absolute atomic E-state index is 13.5. The van der Waals surface area contributed by atoms with Crippen molar-refractivity contribution in [3.05, 3.63) is 51.9 Å². The predicted molar refractivity (Wildman–Crippen MR) is 157 cm³/mol. The molecule has 1 aromatic heterocycles. The summed E-state index contributed by atoms with van der Waals surface area (Å²) in [6.45, 7) is 14.5. The summed E-state index contributed by atoms with van der Waals surface area (Å²) >= 11 is 0. The van der Waals surface area contributed by atoms with Gasteiger partial charge in [0.1, 0.15) is 12.4 Å². The van der Waals surface area contributed by atoms with Crippen LogP contribution in [0.3, 0.4) is 0 Å². The van der Waals surface area contributed by atoms with E-state index in [-0.39, 0.29) is 24.1 Å². The number of rotatable bonds is 16. The largest absolute Gasteiger partial charge is 0.494 e. The fourth-order valence-corrected chi connectivity index (χ4v) is 4.35. The van der Waals surface area contributed by atoms with Gasteiger partial charge in [0, 0.05) is 24.4 Å². The summed E-state index contributed by atoms with van der Waals surface area (Å²) < 4.78 is 19.2. The Bertz CT molecular complexity index is 1170. The molecule has 1 aromatic carbocycles. The van der Waals surface area contributed by atoms with E-state index >= 15 is 0 Å². The van der Waals surface area contributed by atoms with Crippen LogP contribution in [0.1, 0.15) is 106 Å². The second-order valence-corrected chi connectivity index (χ2v) is 10.5. The lowest BCUT2D eigenvalue weighted by molar-refractivity contribution is -0.132. The number of hydrogen-bond donors (Lipinski definition) is 0. The summed E-state index contributed by atoms with van der Waals surface area (Å²) in [6, 6.07) is 5.51. The number of pyridine rings is 1. The average Bonchev–Trinajstić information content (AvgIpc) is 2.84. The molecule has 0 aliphatic heterocycles. The fourth-order valence-electron chi connectivity index (χ4n) is 4.35. The standard InChI is InChI=1S/C32H47NO5/c1-8-9-10-11-12-13-20-36-27-17-18-28-29(22-27)33(24(4)5)32(35)31(38-26(7)34)30(28)37-21-19-25(6)16-14-15-23(2)3/h15,17-19,22,24H,8-14,16,20-21H2,1-7H3/b25-19+. The molecule has 0 radical (unpaired) electrons. The monoisotopic (exact) mass is 525 g/mol. The Hall–Kier alpha value is -3.02. The van der Waals surface area contributed by atoms with E-state index in [1.165, 1.54) is 43.8 Å². The lowest BCUT2D eigenvalue weighted by Gasteiger charge is -2.20. The van der Waals surface area contributed by atoms with Gasteiger partial charge in [-0.15, -0.1) is 0 Å². The minimum atomic E-state index is -0.561. The highest BCUT2D eigenvalue weighted by molar-refractivity contribution is 5.90. The van der Waals surface area contributed by atoms with Crippen molar-refractivity contribution in [2.45, 2.75) is 106 Å². The average molecular weight is 526 g/mol. The van der Waals surface area contributed by atoms with E-state index in [2.05, 4.69) is 33.8 Å². The van der Waals surface area contributed by atoms with Crippen LogP contribution in [0, 0.1) is 0 Å². The summed E-state index contributed by atoms with van der Waals surface area (Å²) in [4.78, 5) is 25.4. The minimum absolute atomic E-state index is 0.0740. The third-order valence-electron chi connectivity index (χ3n) is 6.37. The molecule has 0 aliphatic carbocycles. The molecule has 0 atom stereocenters. The lowest BCUT2D eigenvalue weighted by Crippen LogP contribution is -2.26. The molecule has 0 bridgehead atoms. The molecular weight excluding hydrogens is 478 g/mol. The summed E-state index contributed by atoms with van der Waals surface area (Å²) in [7, 11) is 0. The molecule has 0 N–H and O–H groups in total. The van der Waals surface area contributed by atoms with Crippen molar-refractivity contribution in [3.8, 4) is 17.2 Å². The molecule has 1 heterocycles. The van der Waals surface area contributed by atoms with Gasteiger partial charge in [0.15, 0.2) is 5.75 Å². The highest BCUT2D eigenvalue weighted by Crippen LogP contribution is 2.36. The normalized spacial score (nSPS) is 11.6. The summed E-state index contributed by atoms with van der Waals surface area (Å²) in [5.74, 6) is 0.359. The van der Waals surface area contributed by atoms with Crippen LogP contribution in [0.2, 0.25) is 0 Å². The number of esters is 1. The Morgan fingerprint density at radius 3 is 2.32 bits per heavy atom.